The van der Waals surface area contributed by atoms with Crippen LogP contribution in [0.5, 0.6) is 0 Å². The summed E-state index contributed by atoms with van der Waals surface area (Å²) in [5.41, 5.74) is 0.535. The first-order chi connectivity index (χ1) is 9.11. The summed E-state index contributed by atoms with van der Waals surface area (Å²) in [7, 11) is 2.25. The molecule has 0 saturated carbocycles. The third kappa shape index (κ3) is 4.73. The zero-order chi connectivity index (χ0) is 13.7. The first-order valence-corrected chi connectivity index (χ1v) is 8.25. The first-order valence-electron chi connectivity index (χ1n) is 8.25. The maximum Gasteiger partial charge on any atom is 0.00916 e. The van der Waals surface area contributed by atoms with Crippen LogP contribution in [-0.4, -0.2) is 62.2 Å². The van der Waals surface area contributed by atoms with Crippen LogP contribution in [0, 0.1) is 5.41 Å². The summed E-state index contributed by atoms with van der Waals surface area (Å²) in [6.45, 7) is 12.4. The summed E-state index contributed by atoms with van der Waals surface area (Å²) in [6.07, 6.45) is 6.69. The van der Waals surface area contributed by atoms with E-state index in [0.717, 1.165) is 6.04 Å². The van der Waals surface area contributed by atoms with Gasteiger partial charge in [0.2, 0.25) is 0 Å². The highest BCUT2D eigenvalue weighted by Gasteiger charge is 2.29. The van der Waals surface area contributed by atoms with Gasteiger partial charge in [-0.05, 0) is 77.3 Å². The molecule has 0 aliphatic carbocycles. The molecule has 2 saturated heterocycles. The van der Waals surface area contributed by atoms with Gasteiger partial charge < -0.3 is 15.1 Å². The minimum Gasteiger partial charge on any atom is -0.313 e. The predicted molar refractivity (Wildman–Crippen MR) is 82.6 cm³/mol. The molecule has 19 heavy (non-hydrogen) atoms. The van der Waals surface area contributed by atoms with Crippen LogP contribution in [0.15, 0.2) is 0 Å². The molecule has 1 N–H and O–H groups in total. The SMILES string of the molecule is CCCN1CCC(NCC2(C)CCN(C)CC2)CC1. The summed E-state index contributed by atoms with van der Waals surface area (Å²) in [5, 5.41) is 3.86. The number of hydrogen-bond donors (Lipinski definition) is 1. The third-order valence-electron chi connectivity index (χ3n) is 5.14. The largest absolute Gasteiger partial charge is 0.313 e. The Morgan fingerprint density at radius 1 is 1.11 bits per heavy atom. The van der Waals surface area contributed by atoms with Crippen molar-refractivity contribution < 1.29 is 0 Å². The lowest BCUT2D eigenvalue weighted by Crippen LogP contribution is -2.48. The van der Waals surface area contributed by atoms with Crippen molar-refractivity contribution in [3.63, 3.8) is 0 Å². The normalized spacial score (nSPS) is 26.7. The standard InChI is InChI=1S/C16H33N3/c1-4-9-19-10-5-15(6-11-19)17-14-16(2)7-12-18(3)13-8-16/h15,17H,4-14H2,1-3H3. The number of likely N-dealkylation sites (tertiary alicyclic amines) is 2. The van der Waals surface area contributed by atoms with Crippen molar-refractivity contribution in [3.8, 4) is 0 Å². The van der Waals surface area contributed by atoms with E-state index in [-0.39, 0.29) is 0 Å². The molecule has 0 atom stereocenters. The summed E-state index contributed by atoms with van der Waals surface area (Å²) in [5.74, 6) is 0. The van der Waals surface area contributed by atoms with E-state index >= 15 is 0 Å². The number of rotatable bonds is 5. The maximum absolute atomic E-state index is 3.86. The van der Waals surface area contributed by atoms with Crippen molar-refractivity contribution in [2.45, 2.75) is 52.0 Å². The Balaban J connectivity index is 1.66. The van der Waals surface area contributed by atoms with Gasteiger partial charge in [0.1, 0.15) is 0 Å². The van der Waals surface area contributed by atoms with Gasteiger partial charge in [0.05, 0.1) is 0 Å². The van der Waals surface area contributed by atoms with Gasteiger partial charge >= 0.3 is 0 Å². The summed E-state index contributed by atoms with van der Waals surface area (Å²) in [4.78, 5) is 5.08. The first kappa shape index (κ1) is 15.3. The second-order valence-corrected chi connectivity index (χ2v) is 7.11. The average molecular weight is 267 g/mol. The van der Waals surface area contributed by atoms with Crippen molar-refractivity contribution in [1.82, 2.24) is 15.1 Å². The van der Waals surface area contributed by atoms with Crippen LogP contribution in [0.3, 0.4) is 0 Å². The molecule has 0 bridgehead atoms. The molecule has 0 unspecified atom stereocenters. The zero-order valence-electron chi connectivity index (χ0n) is 13.2. The van der Waals surface area contributed by atoms with Gasteiger partial charge in [0.25, 0.3) is 0 Å². The van der Waals surface area contributed by atoms with E-state index < -0.39 is 0 Å². The van der Waals surface area contributed by atoms with Gasteiger partial charge in [-0.2, -0.15) is 0 Å². The third-order valence-corrected chi connectivity index (χ3v) is 5.14. The summed E-state index contributed by atoms with van der Waals surface area (Å²) >= 11 is 0. The van der Waals surface area contributed by atoms with Crippen molar-refractivity contribution in [1.29, 1.82) is 0 Å². The van der Waals surface area contributed by atoms with Crippen molar-refractivity contribution >= 4 is 0 Å². The molecule has 2 fully saturated rings. The van der Waals surface area contributed by atoms with E-state index in [1.165, 1.54) is 71.4 Å². The highest BCUT2D eigenvalue weighted by atomic mass is 15.1. The topological polar surface area (TPSA) is 18.5 Å². The van der Waals surface area contributed by atoms with E-state index in [4.69, 9.17) is 0 Å². The van der Waals surface area contributed by atoms with E-state index in [0.29, 0.717) is 5.41 Å². The van der Waals surface area contributed by atoms with Crippen LogP contribution in [-0.2, 0) is 0 Å². The zero-order valence-corrected chi connectivity index (χ0v) is 13.2. The van der Waals surface area contributed by atoms with Crippen LogP contribution >= 0.6 is 0 Å². The van der Waals surface area contributed by atoms with E-state index in [1.54, 1.807) is 0 Å². The molecular formula is C16H33N3. The Kier molecular flexibility index (Phi) is 5.67. The maximum atomic E-state index is 3.86. The van der Waals surface area contributed by atoms with E-state index in [9.17, 15) is 0 Å². The van der Waals surface area contributed by atoms with Crippen LogP contribution in [0.25, 0.3) is 0 Å². The molecule has 3 heteroatoms. The van der Waals surface area contributed by atoms with Crippen molar-refractivity contribution in [3.05, 3.63) is 0 Å². The molecule has 2 aliphatic heterocycles. The Morgan fingerprint density at radius 3 is 2.32 bits per heavy atom. The molecule has 0 aromatic carbocycles. The second-order valence-electron chi connectivity index (χ2n) is 7.11. The summed E-state index contributed by atoms with van der Waals surface area (Å²) in [6, 6.07) is 0.768. The van der Waals surface area contributed by atoms with Crippen molar-refractivity contribution in [2.75, 3.05) is 46.3 Å². The van der Waals surface area contributed by atoms with Gasteiger partial charge in [0, 0.05) is 12.6 Å². The van der Waals surface area contributed by atoms with Crippen LogP contribution in [0.1, 0.15) is 46.0 Å². The van der Waals surface area contributed by atoms with Crippen LogP contribution < -0.4 is 5.32 Å². The van der Waals surface area contributed by atoms with Gasteiger partial charge in [-0.15, -0.1) is 0 Å². The van der Waals surface area contributed by atoms with Crippen LogP contribution in [0.2, 0.25) is 0 Å². The molecule has 3 nitrogen and oxygen atoms in total. The fraction of sp³-hybridized carbons (Fsp3) is 1.00. The number of nitrogens with one attached hydrogen (secondary N) is 1. The molecule has 112 valence electrons. The van der Waals surface area contributed by atoms with Gasteiger partial charge in [0.15, 0.2) is 0 Å². The van der Waals surface area contributed by atoms with Gasteiger partial charge in [-0.25, -0.2) is 0 Å². The molecule has 2 rings (SSSR count). The molecule has 2 aliphatic rings. The predicted octanol–water partition coefficient (Wildman–Crippen LogP) is 2.18. The quantitative estimate of drug-likeness (QED) is 0.824. The van der Waals surface area contributed by atoms with Gasteiger partial charge in [-0.3, -0.25) is 0 Å². The monoisotopic (exact) mass is 267 g/mol. The molecule has 0 radical (unpaired) electrons. The minimum absolute atomic E-state index is 0.535. The number of hydrogen-bond acceptors (Lipinski definition) is 3. The van der Waals surface area contributed by atoms with Gasteiger partial charge in [-0.1, -0.05) is 13.8 Å². The Hall–Kier alpha value is -0.120. The number of nitrogens with zero attached hydrogens (tertiary/aromatic N) is 2. The fourth-order valence-corrected chi connectivity index (χ4v) is 3.40. The minimum atomic E-state index is 0.535. The van der Waals surface area contributed by atoms with Crippen molar-refractivity contribution in [2.24, 2.45) is 5.41 Å². The second kappa shape index (κ2) is 7.05. The Bertz CT molecular complexity index is 251. The lowest BCUT2D eigenvalue weighted by atomic mass is 9.80. The molecule has 0 amide bonds. The smallest absolute Gasteiger partial charge is 0.00916 e. The fourth-order valence-electron chi connectivity index (χ4n) is 3.40. The van der Waals surface area contributed by atoms with E-state index in [2.05, 4.69) is 36.0 Å². The molecular weight excluding hydrogens is 234 g/mol. The Morgan fingerprint density at radius 2 is 1.74 bits per heavy atom. The lowest BCUT2D eigenvalue weighted by molar-refractivity contribution is 0.124. The lowest BCUT2D eigenvalue weighted by Gasteiger charge is -2.40. The molecule has 0 spiro atoms. The number of piperidine rings is 2. The molecule has 2 heterocycles. The Labute approximate surface area is 119 Å². The van der Waals surface area contributed by atoms with E-state index in [1.807, 2.05) is 0 Å². The summed E-state index contributed by atoms with van der Waals surface area (Å²) < 4.78 is 0. The molecule has 0 aromatic heterocycles. The van der Waals surface area contributed by atoms with Crippen LogP contribution in [0.4, 0.5) is 0 Å². The highest BCUT2D eigenvalue weighted by molar-refractivity contribution is 4.86. The average Bonchev–Trinajstić information content (AvgIpc) is 2.42. The highest BCUT2D eigenvalue weighted by Crippen LogP contribution is 2.29. The molecule has 0 aromatic rings.